The molecule has 0 aliphatic rings. The second-order valence-corrected chi connectivity index (χ2v) is 5.29. The van der Waals surface area contributed by atoms with Gasteiger partial charge in [0.25, 0.3) is 0 Å². The average molecular weight is 434 g/mol. The topological polar surface area (TPSA) is 60.2 Å². The van der Waals surface area contributed by atoms with Crippen LogP contribution in [0.4, 0.5) is 0 Å². The van der Waals surface area contributed by atoms with E-state index in [1.807, 2.05) is 37.3 Å². The maximum absolute atomic E-state index is 8.95. The van der Waals surface area contributed by atoms with Gasteiger partial charge in [0, 0.05) is 13.1 Å². The molecule has 0 fully saturated rings. The van der Waals surface area contributed by atoms with Crippen LogP contribution in [0.1, 0.15) is 29.2 Å². The summed E-state index contributed by atoms with van der Waals surface area (Å²) in [5.74, 6) is 0.776. The molecule has 0 bridgehead atoms. The van der Waals surface area contributed by atoms with E-state index in [0.29, 0.717) is 12.1 Å². The van der Waals surface area contributed by atoms with Gasteiger partial charge in [-0.05, 0) is 42.7 Å². The van der Waals surface area contributed by atoms with Gasteiger partial charge in [-0.3, -0.25) is 0 Å². The summed E-state index contributed by atoms with van der Waals surface area (Å²) in [5, 5.41) is 15.5. The van der Waals surface area contributed by atoms with Crippen molar-refractivity contribution in [3.05, 3.63) is 70.8 Å². The molecule has 0 spiro atoms. The molecule has 0 atom stereocenters. The van der Waals surface area contributed by atoms with E-state index in [0.717, 1.165) is 24.6 Å². The minimum Gasteiger partial charge on any atom is -0.357 e. The molecule has 2 aromatic rings. The van der Waals surface area contributed by atoms with Crippen molar-refractivity contribution >= 4 is 29.9 Å². The number of nitrogens with one attached hydrogen (secondary N) is 2. The number of aliphatic imine (C=N–C) groups is 1. The Morgan fingerprint density at radius 2 is 1.92 bits per heavy atom. The highest BCUT2D eigenvalue weighted by molar-refractivity contribution is 14.0. The van der Waals surface area contributed by atoms with E-state index in [-0.39, 0.29) is 24.0 Å². The molecule has 0 aliphatic heterocycles. The van der Waals surface area contributed by atoms with Crippen LogP contribution in [-0.4, -0.2) is 12.5 Å². The maximum Gasteiger partial charge on any atom is 0.191 e. The number of benzene rings is 2. The fraction of sp³-hybridized carbons (Fsp3) is 0.263. The smallest absolute Gasteiger partial charge is 0.191 e. The SMILES string of the molecule is CCNC(=NCc1cccc(C#N)c1)NCc1ccccc1C.I. The van der Waals surface area contributed by atoms with Crippen molar-refractivity contribution in [2.45, 2.75) is 26.9 Å². The van der Waals surface area contributed by atoms with Crippen LogP contribution < -0.4 is 10.6 Å². The molecule has 2 rings (SSSR count). The van der Waals surface area contributed by atoms with Crippen LogP contribution in [0.3, 0.4) is 0 Å². The molecule has 0 amide bonds. The molecule has 0 heterocycles. The predicted molar refractivity (Wildman–Crippen MR) is 109 cm³/mol. The minimum atomic E-state index is 0. The van der Waals surface area contributed by atoms with Crippen molar-refractivity contribution in [3.63, 3.8) is 0 Å². The minimum absolute atomic E-state index is 0. The van der Waals surface area contributed by atoms with Crippen molar-refractivity contribution < 1.29 is 0 Å². The van der Waals surface area contributed by atoms with Crippen LogP contribution in [0, 0.1) is 18.3 Å². The predicted octanol–water partition coefficient (Wildman–Crippen LogP) is 3.74. The molecule has 0 saturated heterocycles. The third-order valence-electron chi connectivity index (χ3n) is 3.53. The number of nitriles is 1. The largest absolute Gasteiger partial charge is 0.357 e. The summed E-state index contributed by atoms with van der Waals surface area (Å²) >= 11 is 0. The molecular weight excluding hydrogens is 411 g/mol. The fourth-order valence-electron chi connectivity index (χ4n) is 2.24. The lowest BCUT2D eigenvalue weighted by molar-refractivity contribution is 0.813. The van der Waals surface area contributed by atoms with E-state index in [1.165, 1.54) is 11.1 Å². The summed E-state index contributed by atoms with van der Waals surface area (Å²) in [5.41, 5.74) is 4.20. The molecule has 2 N–H and O–H groups in total. The second kappa shape index (κ2) is 10.7. The summed E-state index contributed by atoms with van der Waals surface area (Å²) in [4.78, 5) is 4.59. The second-order valence-electron chi connectivity index (χ2n) is 5.29. The average Bonchev–Trinajstić information content (AvgIpc) is 2.59. The van der Waals surface area contributed by atoms with Crippen LogP contribution in [-0.2, 0) is 13.1 Å². The number of nitrogens with zero attached hydrogens (tertiary/aromatic N) is 2. The lowest BCUT2D eigenvalue weighted by Gasteiger charge is -2.12. The first-order valence-corrected chi connectivity index (χ1v) is 7.78. The maximum atomic E-state index is 8.95. The van der Waals surface area contributed by atoms with Crippen molar-refractivity contribution in [2.75, 3.05) is 6.54 Å². The molecule has 0 radical (unpaired) electrons. The number of hydrogen-bond acceptors (Lipinski definition) is 2. The Morgan fingerprint density at radius 3 is 2.62 bits per heavy atom. The van der Waals surface area contributed by atoms with Gasteiger partial charge in [-0.2, -0.15) is 5.26 Å². The van der Waals surface area contributed by atoms with E-state index >= 15 is 0 Å². The molecule has 0 unspecified atom stereocenters. The molecule has 24 heavy (non-hydrogen) atoms. The zero-order valence-corrected chi connectivity index (χ0v) is 16.4. The van der Waals surface area contributed by atoms with Gasteiger partial charge in [-0.15, -0.1) is 24.0 Å². The first-order chi connectivity index (χ1) is 11.2. The monoisotopic (exact) mass is 434 g/mol. The van der Waals surface area contributed by atoms with Crippen LogP contribution >= 0.6 is 24.0 Å². The van der Waals surface area contributed by atoms with E-state index in [1.54, 1.807) is 6.07 Å². The molecular formula is C19H23IN4. The van der Waals surface area contributed by atoms with Crippen LogP contribution in [0.5, 0.6) is 0 Å². The molecule has 0 aliphatic carbocycles. The molecule has 5 heteroatoms. The standard InChI is InChI=1S/C19H22N4.HI/c1-3-21-19(23-14-18-10-5-4-7-15(18)2)22-13-17-9-6-8-16(11-17)12-20;/h4-11H,3,13-14H2,1-2H3,(H2,21,22,23);1H. The van der Waals surface area contributed by atoms with Gasteiger partial charge in [0.2, 0.25) is 0 Å². The Bertz CT molecular complexity index is 719. The highest BCUT2D eigenvalue weighted by Crippen LogP contribution is 2.07. The van der Waals surface area contributed by atoms with Gasteiger partial charge in [0.15, 0.2) is 5.96 Å². The lowest BCUT2D eigenvalue weighted by atomic mass is 10.1. The van der Waals surface area contributed by atoms with Crippen LogP contribution in [0.15, 0.2) is 53.5 Å². The first kappa shape index (κ1) is 20.0. The molecule has 0 aromatic heterocycles. The van der Waals surface area contributed by atoms with Gasteiger partial charge >= 0.3 is 0 Å². The van der Waals surface area contributed by atoms with E-state index in [4.69, 9.17) is 5.26 Å². The van der Waals surface area contributed by atoms with Crippen LogP contribution in [0.25, 0.3) is 0 Å². The zero-order valence-electron chi connectivity index (χ0n) is 14.0. The van der Waals surface area contributed by atoms with Gasteiger partial charge in [-0.1, -0.05) is 36.4 Å². The Labute approximate surface area is 161 Å². The molecule has 0 saturated carbocycles. The Hall–Kier alpha value is -2.07. The van der Waals surface area contributed by atoms with Crippen molar-refractivity contribution in [1.29, 1.82) is 5.26 Å². The highest BCUT2D eigenvalue weighted by atomic mass is 127. The number of rotatable bonds is 5. The Balaban J connectivity index is 0.00000288. The Kier molecular flexibility index (Phi) is 8.87. The van der Waals surface area contributed by atoms with E-state index in [2.05, 4.69) is 40.8 Å². The Morgan fingerprint density at radius 1 is 1.12 bits per heavy atom. The molecule has 4 nitrogen and oxygen atoms in total. The molecule has 126 valence electrons. The number of halogens is 1. The summed E-state index contributed by atoms with van der Waals surface area (Å²) in [6.07, 6.45) is 0. The van der Waals surface area contributed by atoms with Crippen molar-refractivity contribution in [1.82, 2.24) is 10.6 Å². The summed E-state index contributed by atoms with van der Waals surface area (Å²) < 4.78 is 0. The number of guanidine groups is 1. The first-order valence-electron chi connectivity index (χ1n) is 7.78. The van der Waals surface area contributed by atoms with Crippen molar-refractivity contribution in [2.24, 2.45) is 4.99 Å². The summed E-state index contributed by atoms with van der Waals surface area (Å²) in [7, 11) is 0. The quantitative estimate of drug-likeness (QED) is 0.428. The number of hydrogen-bond donors (Lipinski definition) is 2. The van der Waals surface area contributed by atoms with E-state index < -0.39 is 0 Å². The van der Waals surface area contributed by atoms with Gasteiger partial charge < -0.3 is 10.6 Å². The normalized spacial score (nSPS) is 10.5. The van der Waals surface area contributed by atoms with Gasteiger partial charge in [0.1, 0.15) is 0 Å². The number of aryl methyl sites for hydroxylation is 1. The molecule has 2 aromatic carbocycles. The van der Waals surface area contributed by atoms with Gasteiger partial charge in [-0.25, -0.2) is 4.99 Å². The third-order valence-corrected chi connectivity index (χ3v) is 3.53. The zero-order chi connectivity index (χ0) is 16.5. The summed E-state index contributed by atoms with van der Waals surface area (Å²) in [6.45, 7) is 6.23. The van der Waals surface area contributed by atoms with Crippen LogP contribution in [0.2, 0.25) is 0 Å². The van der Waals surface area contributed by atoms with Gasteiger partial charge in [0.05, 0.1) is 18.2 Å². The van der Waals surface area contributed by atoms with Crippen molar-refractivity contribution in [3.8, 4) is 6.07 Å². The fourth-order valence-corrected chi connectivity index (χ4v) is 2.24. The summed E-state index contributed by atoms with van der Waals surface area (Å²) in [6, 6.07) is 18.0. The highest BCUT2D eigenvalue weighted by Gasteiger charge is 2.01. The lowest BCUT2D eigenvalue weighted by Crippen LogP contribution is -2.36. The third kappa shape index (κ3) is 6.20. The van der Waals surface area contributed by atoms with E-state index in [9.17, 15) is 0 Å².